The van der Waals surface area contributed by atoms with Crippen LogP contribution < -0.4 is 5.32 Å². The van der Waals surface area contributed by atoms with Crippen LogP contribution in [0.25, 0.3) is 0 Å². The highest BCUT2D eigenvalue weighted by Crippen LogP contribution is 2.51. The van der Waals surface area contributed by atoms with E-state index in [0.29, 0.717) is 12.0 Å². The zero-order chi connectivity index (χ0) is 20.3. The fourth-order valence-corrected chi connectivity index (χ4v) is 4.09. The van der Waals surface area contributed by atoms with Crippen molar-refractivity contribution in [2.24, 2.45) is 0 Å². The molecule has 2 N–H and O–H groups in total. The number of hydrogen-bond acceptors (Lipinski definition) is 6. The van der Waals surface area contributed by atoms with E-state index in [1.165, 1.54) is 12.1 Å². The van der Waals surface area contributed by atoms with Crippen molar-refractivity contribution in [2.45, 2.75) is 45.3 Å². The molecule has 1 amide bonds. The van der Waals surface area contributed by atoms with Crippen molar-refractivity contribution < 1.29 is 28.3 Å². The lowest BCUT2D eigenvalue weighted by Gasteiger charge is -2.17. The van der Waals surface area contributed by atoms with Crippen LogP contribution in [0.1, 0.15) is 49.0 Å². The quantitative estimate of drug-likeness (QED) is 0.410. The maximum atomic E-state index is 12.5. The van der Waals surface area contributed by atoms with Gasteiger partial charge in [-0.1, -0.05) is 12.1 Å². The standard InChI is InChI=1S/C18H25N2O6P/c1-3-25-27(24,26-4-2)13-14-8-10-15(11-9-14)17(21)20-16(18(22)23)7-5-6-12-19/h8-11,16H,3-7,13H2,1-2H3,(H,20,21)(H,22,23)/t16-/m1/s1. The topological polar surface area (TPSA) is 126 Å². The van der Waals surface area contributed by atoms with Gasteiger partial charge in [0, 0.05) is 12.0 Å². The molecule has 0 unspecified atom stereocenters. The number of nitriles is 1. The highest BCUT2D eigenvalue weighted by molar-refractivity contribution is 7.53. The lowest BCUT2D eigenvalue weighted by molar-refractivity contribution is -0.139. The second-order valence-corrected chi connectivity index (χ2v) is 7.77. The van der Waals surface area contributed by atoms with Crippen LogP contribution in [0.15, 0.2) is 24.3 Å². The van der Waals surface area contributed by atoms with Gasteiger partial charge >= 0.3 is 13.6 Å². The lowest BCUT2D eigenvalue weighted by atomic mass is 10.1. The van der Waals surface area contributed by atoms with E-state index in [0.717, 1.165) is 0 Å². The minimum atomic E-state index is -3.24. The third-order valence-electron chi connectivity index (χ3n) is 3.63. The first kappa shape index (κ1) is 22.8. The summed E-state index contributed by atoms with van der Waals surface area (Å²) in [5.41, 5.74) is 0.966. The van der Waals surface area contributed by atoms with E-state index in [4.69, 9.17) is 14.3 Å². The molecule has 0 aliphatic heterocycles. The average molecular weight is 396 g/mol. The van der Waals surface area contributed by atoms with E-state index in [-0.39, 0.29) is 37.8 Å². The van der Waals surface area contributed by atoms with Crippen LogP contribution in [-0.2, 0) is 24.6 Å². The number of aliphatic carboxylic acids is 1. The number of amides is 1. The van der Waals surface area contributed by atoms with Crippen molar-refractivity contribution in [1.82, 2.24) is 5.32 Å². The van der Waals surface area contributed by atoms with Gasteiger partial charge in [0.1, 0.15) is 6.04 Å². The van der Waals surface area contributed by atoms with Gasteiger partial charge in [0.05, 0.1) is 25.4 Å². The summed E-state index contributed by atoms with van der Waals surface area (Å²) < 4.78 is 23.0. The van der Waals surface area contributed by atoms with Crippen LogP contribution in [0.4, 0.5) is 0 Å². The van der Waals surface area contributed by atoms with E-state index >= 15 is 0 Å². The maximum absolute atomic E-state index is 12.5. The zero-order valence-electron chi connectivity index (χ0n) is 15.5. The van der Waals surface area contributed by atoms with Crippen LogP contribution in [0.2, 0.25) is 0 Å². The van der Waals surface area contributed by atoms with Crippen LogP contribution >= 0.6 is 7.60 Å². The molecule has 27 heavy (non-hydrogen) atoms. The van der Waals surface area contributed by atoms with Crippen molar-refractivity contribution in [3.8, 4) is 6.07 Å². The van der Waals surface area contributed by atoms with Crippen molar-refractivity contribution in [3.63, 3.8) is 0 Å². The van der Waals surface area contributed by atoms with Crippen molar-refractivity contribution in [2.75, 3.05) is 13.2 Å². The molecule has 0 aromatic heterocycles. The molecular formula is C18H25N2O6P. The largest absolute Gasteiger partial charge is 0.480 e. The van der Waals surface area contributed by atoms with Gasteiger partial charge < -0.3 is 19.5 Å². The number of nitrogens with zero attached hydrogens (tertiary/aromatic N) is 1. The van der Waals surface area contributed by atoms with E-state index in [9.17, 15) is 19.3 Å². The van der Waals surface area contributed by atoms with Gasteiger partial charge in [0.25, 0.3) is 5.91 Å². The highest BCUT2D eigenvalue weighted by atomic mass is 31.2. The number of unbranched alkanes of at least 4 members (excludes halogenated alkanes) is 1. The van der Waals surface area contributed by atoms with Crippen LogP contribution in [0, 0.1) is 11.3 Å². The summed E-state index contributed by atoms with van der Waals surface area (Å²) >= 11 is 0. The van der Waals surface area contributed by atoms with E-state index in [1.54, 1.807) is 26.0 Å². The number of carboxylic acids is 1. The fourth-order valence-electron chi connectivity index (χ4n) is 2.39. The first-order valence-electron chi connectivity index (χ1n) is 8.73. The third kappa shape index (κ3) is 7.92. The van der Waals surface area contributed by atoms with Crippen LogP contribution in [0.3, 0.4) is 0 Å². The number of rotatable bonds is 12. The van der Waals surface area contributed by atoms with Gasteiger partial charge in [-0.15, -0.1) is 0 Å². The minimum Gasteiger partial charge on any atom is -0.480 e. The maximum Gasteiger partial charge on any atom is 0.335 e. The van der Waals surface area contributed by atoms with Gasteiger partial charge in [-0.2, -0.15) is 5.26 Å². The molecule has 1 atom stereocenters. The van der Waals surface area contributed by atoms with Crippen molar-refractivity contribution in [1.29, 1.82) is 5.26 Å². The summed E-state index contributed by atoms with van der Waals surface area (Å²) in [5, 5.41) is 20.2. The molecule has 1 aromatic rings. The Labute approximate surface area is 159 Å². The molecular weight excluding hydrogens is 371 g/mol. The van der Waals surface area contributed by atoms with Gasteiger partial charge in [0.15, 0.2) is 0 Å². The Morgan fingerprint density at radius 1 is 1.22 bits per heavy atom. The zero-order valence-corrected chi connectivity index (χ0v) is 16.4. The summed E-state index contributed by atoms with van der Waals surface area (Å²) in [5.74, 6) is -1.67. The Hall–Kier alpha value is -2.20. The summed E-state index contributed by atoms with van der Waals surface area (Å²) in [6.45, 7) is 3.99. The number of hydrogen-bond donors (Lipinski definition) is 2. The summed E-state index contributed by atoms with van der Waals surface area (Å²) in [4.78, 5) is 23.5. The van der Waals surface area contributed by atoms with Crippen LogP contribution in [-0.4, -0.2) is 36.2 Å². The van der Waals surface area contributed by atoms with Gasteiger partial charge in [-0.3, -0.25) is 9.36 Å². The Bertz CT molecular complexity index is 704. The molecule has 0 heterocycles. The molecule has 0 spiro atoms. The Morgan fingerprint density at radius 2 is 1.81 bits per heavy atom. The predicted octanol–water partition coefficient (Wildman–Crippen LogP) is 3.33. The number of carboxylic acid groups (broad SMARTS) is 1. The molecule has 8 nitrogen and oxygen atoms in total. The molecule has 0 fully saturated rings. The Morgan fingerprint density at radius 3 is 2.30 bits per heavy atom. The predicted molar refractivity (Wildman–Crippen MR) is 99.4 cm³/mol. The molecule has 0 saturated carbocycles. The average Bonchev–Trinajstić information content (AvgIpc) is 2.61. The number of nitrogens with one attached hydrogen (secondary N) is 1. The molecule has 0 saturated heterocycles. The first-order chi connectivity index (χ1) is 12.8. The molecule has 148 valence electrons. The SMILES string of the molecule is CCOP(=O)(Cc1ccc(C(=O)N[C@H](CCCC#N)C(=O)O)cc1)OCC. The summed E-state index contributed by atoms with van der Waals surface area (Å²) in [6.07, 6.45) is 0.881. The lowest BCUT2D eigenvalue weighted by Crippen LogP contribution is -2.40. The molecule has 9 heteroatoms. The number of carbonyl (C=O) groups excluding carboxylic acids is 1. The normalized spacial score (nSPS) is 12.2. The van der Waals surface area contributed by atoms with Gasteiger partial charge in [-0.05, 0) is 44.4 Å². The summed E-state index contributed by atoms with van der Waals surface area (Å²) in [7, 11) is -3.24. The molecule has 0 aliphatic rings. The molecule has 1 rings (SSSR count). The number of carbonyl (C=O) groups is 2. The van der Waals surface area contributed by atoms with E-state index in [2.05, 4.69) is 5.32 Å². The van der Waals surface area contributed by atoms with Crippen molar-refractivity contribution >= 4 is 19.5 Å². The van der Waals surface area contributed by atoms with E-state index < -0.39 is 25.5 Å². The van der Waals surface area contributed by atoms with Crippen molar-refractivity contribution in [3.05, 3.63) is 35.4 Å². The molecule has 0 aliphatic carbocycles. The fraction of sp³-hybridized carbons (Fsp3) is 0.500. The smallest absolute Gasteiger partial charge is 0.335 e. The second-order valence-electron chi connectivity index (χ2n) is 5.72. The third-order valence-corrected chi connectivity index (χ3v) is 5.68. The summed E-state index contributed by atoms with van der Waals surface area (Å²) in [6, 6.07) is 7.20. The first-order valence-corrected chi connectivity index (χ1v) is 10.5. The van der Waals surface area contributed by atoms with Crippen LogP contribution in [0.5, 0.6) is 0 Å². The monoisotopic (exact) mass is 396 g/mol. The van der Waals surface area contributed by atoms with Gasteiger partial charge in [-0.25, -0.2) is 4.79 Å². The second kappa shape index (κ2) is 11.5. The molecule has 1 aromatic carbocycles. The molecule has 0 radical (unpaired) electrons. The Balaban J connectivity index is 2.76. The highest BCUT2D eigenvalue weighted by Gasteiger charge is 2.24. The molecule has 0 bridgehead atoms. The minimum absolute atomic E-state index is 0.0858. The van der Waals surface area contributed by atoms with Gasteiger partial charge in [0.2, 0.25) is 0 Å². The number of benzene rings is 1. The Kier molecular flexibility index (Phi) is 9.73. The van der Waals surface area contributed by atoms with E-state index in [1.807, 2.05) is 6.07 Å².